The third-order valence-corrected chi connectivity index (χ3v) is 7.77. The molecule has 1 unspecified atom stereocenters. The molecular formula is C23H23ClO3S. The third-order valence-electron chi connectivity index (χ3n) is 6.08. The summed E-state index contributed by atoms with van der Waals surface area (Å²) >= 11 is 7.26. The van der Waals surface area contributed by atoms with Gasteiger partial charge in [-0.05, 0) is 73.1 Å². The summed E-state index contributed by atoms with van der Waals surface area (Å²) in [6.07, 6.45) is 3.29. The number of halogens is 1. The van der Waals surface area contributed by atoms with E-state index < -0.39 is 10.7 Å². The molecule has 146 valence electrons. The average Bonchev–Trinajstić information content (AvgIpc) is 2.93. The van der Waals surface area contributed by atoms with Gasteiger partial charge in [0.25, 0.3) is 0 Å². The summed E-state index contributed by atoms with van der Waals surface area (Å²) in [5.74, 6) is -0.593. The van der Waals surface area contributed by atoms with Crippen LogP contribution in [0.25, 0.3) is 11.1 Å². The molecule has 1 aliphatic carbocycles. The van der Waals surface area contributed by atoms with Gasteiger partial charge in [0.1, 0.15) is 5.92 Å². The van der Waals surface area contributed by atoms with Gasteiger partial charge in [-0.3, -0.25) is 9.59 Å². The largest absolute Gasteiger partial charge is 0.381 e. The molecule has 2 aromatic carbocycles. The van der Waals surface area contributed by atoms with Crippen LogP contribution in [0.5, 0.6) is 0 Å². The number of carbonyl (C=O) groups excluding carboxylic acids is 2. The van der Waals surface area contributed by atoms with Gasteiger partial charge in [0.05, 0.1) is 10.9 Å². The van der Waals surface area contributed by atoms with E-state index in [1.807, 2.05) is 49.4 Å². The zero-order valence-electron chi connectivity index (χ0n) is 16.0. The van der Waals surface area contributed by atoms with E-state index in [-0.39, 0.29) is 17.0 Å². The quantitative estimate of drug-likeness (QED) is 0.616. The second-order valence-corrected chi connectivity index (χ2v) is 9.55. The highest BCUT2D eigenvalue weighted by Gasteiger charge is 2.55. The molecular weight excluding hydrogens is 392 g/mol. The average molecular weight is 415 g/mol. The molecule has 0 aromatic heterocycles. The van der Waals surface area contributed by atoms with E-state index >= 15 is 0 Å². The molecule has 1 atom stereocenters. The highest BCUT2D eigenvalue weighted by Crippen LogP contribution is 2.52. The highest BCUT2D eigenvalue weighted by molar-refractivity contribution is 8.16. The summed E-state index contributed by atoms with van der Waals surface area (Å²) in [6.45, 7) is 1.97. The first-order chi connectivity index (χ1) is 13.4. The molecule has 28 heavy (non-hydrogen) atoms. The SMILES string of the molecule is COC1CCC2(CC1)SC(=O)C(c1cc(-c3ccc(Cl)cc3)ccc1C)C2=O. The lowest BCUT2D eigenvalue weighted by atomic mass is 9.77. The van der Waals surface area contributed by atoms with Gasteiger partial charge >= 0.3 is 0 Å². The van der Waals surface area contributed by atoms with Crippen LogP contribution in [0.2, 0.25) is 5.02 Å². The van der Waals surface area contributed by atoms with E-state index in [4.69, 9.17) is 16.3 Å². The minimum atomic E-state index is -0.670. The van der Waals surface area contributed by atoms with Gasteiger partial charge < -0.3 is 4.74 Å². The Labute approximate surface area is 174 Å². The standard InChI is InChI=1S/C23H23ClO3S/c1-14-3-4-16(15-5-7-17(24)8-6-15)13-19(14)20-21(25)23(28-22(20)26)11-9-18(27-2)10-12-23/h3-8,13,18,20H,9-12H2,1-2H3. The lowest BCUT2D eigenvalue weighted by molar-refractivity contribution is -0.126. The normalized spacial score (nSPS) is 27.5. The Hall–Kier alpha value is -1.62. The molecule has 1 spiro atoms. The van der Waals surface area contributed by atoms with Gasteiger partial charge in [0.15, 0.2) is 5.78 Å². The maximum Gasteiger partial charge on any atom is 0.204 e. The van der Waals surface area contributed by atoms with Gasteiger partial charge in [-0.1, -0.05) is 47.6 Å². The molecule has 0 N–H and O–H groups in total. The molecule has 1 heterocycles. The topological polar surface area (TPSA) is 43.4 Å². The van der Waals surface area contributed by atoms with E-state index in [1.165, 1.54) is 11.8 Å². The Kier molecular flexibility index (Phi) is 5.38. The van der Waals surface area contributed by atoms with E-state index in [2.05, 4.69) is 0 Å². The number of ether oxygens (including phenoxy) is 1. The lowest BCUT2D eigenvalue weighted by Crippen LogP contribution is -2.39. The number of benzene rings is 2. The van der Waals surface area contributed by atoms with Crippen molar-refractivity contribution in [3.8, 4) is 11.1 Å². The number of carbonyl (C=O) groups is 2. The number of hydrogen-bond acceptors (Lipinski definition) is 4. The monoisotopic (exact) mass is 414 g/mol. The first-order valence-corrected chi connectivity index (χ1v) is 10.8. The van der Waals surface area contributed by atoms with Gasteiger partial charge in [0.2, 0.25) is 5.12 Å². The number of ketones is 1. The summed E-state index contributed by atoms with van der Waals surface area (Å²) in [7, 11) is 1.71. The number of methoxy groups -OCH3 is 1. The zero-order valence-corrected chi connectivity index (χ0v) is 17.6. The van der Waals surface area contributed by atoms with E-state index in [0.717, 1.165) is 35.1 Å². The number of thioether (sulfide) groups is 1. The Morgan fingerprint density at radius 1 is 1.04 bits per heavy atom. The van der Waals surface area contributed by atoms with Crippen LogP contribution in [0.4, 0.5) is 0 Å². The van der Waals surface area contributed by atoms with Crippen molar-refractivity contribution >= 4 is 34.3 Å². The number of Topliss-reactive ketones (excluding diaryl/α,β-unsaturated/α-hetero) is 1. The van der Waals surface area contributed by atoms with Gasteiger partial charge in [-0.25, -0.2) is 0 Å². The van der Waals surface area contributed by atoms with Crippen LogP contribution >= 0.6 is 23.4 Å². The van der Waals surface area contributed by atoms with Crippen LogP contribution in [-0.4, -0.2) is 28.9 Å². The van der Waals surface area contributed by atoms with Crippen LogP contribution < -0.4 is 0 Å². The molecule has 0 bridgehead atoms. The second-order valence-electron chi connectivity index (χ2n) is 7.73. The van der Waals surface area contributed by atoms with Crippen molar-refractivity contribution in [1.29, 1.82) is 0 Å². The Morgan fingerprint density at radius 3 is 2.32 bits per heavy atom. The molecule has 1 aliphatic heterocycles. The summed E-state index contributed by atoms with van der Waals surface area (Å²) in [5, 5.41) is 0.666. The molecule has 2 aromatic rings. The number of aryl methyl sites for hydroxylation is 1. The van der Waals surface area contributed by atoms with Crippen LogP contribution in [0.3, 0.4) is 0 Å². The fourth-order valence-corrected chi connectivity index (χ4v) is 5.88. The van der Waals surface area contributed by atoms with Gasteiger partial charge in [0, 0.05) is 12.1 Å². The fraction of sp³-hybridized carbons (Fsp3) is 0.391. The minimum Gasteiger partial charge on any atom is -0.381 e. The summed E-state index contributed by atoms with van der Waals surface area (Å²) < 4.78 is 4.87. The number of rotatable bonds is 3. The van der Waals surface area contributed by atoms with Crippen molar-refractivity contribution < 1.29 is 14.3 Å². The molecule has 2 fully saturated rings. The predicted molar refractivity (Wildman–Crippen MR) is 114 cm³/mol. The molecule has 3 nitrogen and oxygen atoms in total. The molecule has 0 amide bonds. The smallest absolute Gasteiger partial charge is 0.204 e. The van der Waals surface area contributed by atoms with Crippen molar-refractivity contribution in [2.24, 2.45) is 0 Å². The third kappa shape index (κ3) is 3.42. The van der Waals surface area contributed by atoms with Gasteiger partial charge in [-0.15, -0.1) is 0 Å². The van der Waals surface area contributed by atoms with Crippen molar-refractivity contribution in [2.75, 3.05) is 7.11 Å². The van der Waals surface area contributed by atoms with E-state index in [9.17, 15) is 9.59 Å². The number of hydrogen-bond donors (Lipinski definition) is 0. The molecule has 2 aliphatic rings. The lowest BCUT2D eigenvalue weighted by Gasteiger charge is -2.34. The maximum absolute atomic E-state index is 13.4. The predicted octanol–water partition coefficient (Wildman–Crippen LogP) is 5.57. The van der Waals surface area contributed by atoms with Crippen LogP contribution in [-0.2, 0) is 14.3 Å². The fourth-order valence-electron chi connectivity index (χ4n) is 4.36. The maximum atomic E-state index is 13.4. The first-order valence-electron chi connectivity index (χ1n) is 9.60. The Morgan fingerprint density at radius 2 is 1.68 bits per heavy atom. The van der Waals surface area contributed by atoms with Crippen LogP contribution in [0, 0.1) is 6.92 Å². The highest BCUT2D eigenvalue weighted by atomic mass is 35.5. The van der Waals surface area contributed by atoms with Crippen molar-refractivity contribution in [2.45, 2.75) is 49.4 Å². The zero-order chi connectivity index (χ0) is 19.9. The second kappa shape index (κ2) is 7.66. The minimum absolute atomic E-state index is 0.0165. The Balaban J connectivity index is 1.67. The van der Waals surface area contributed by atoms with Crippen molar-refractivity contribution in [3.05, 3.63) is 58.6 Å². The van der Waals surface area contributed by atoms with Gasteiger partial charge in [-0.2, -0.15) is 0 Å². The summed E-state index contributed by atoms with van der Waals surface area (Å²) in [5.41, 5.74) is 3.83. The summed E-state index contributed by atoms with van der Waals surface area (Å²) in [6, 6.07) is 13.6. The molecule has 0 radical (unpaired) electrons. The summed E-state index contributed by atoms with van der Waals surface area (Å²) in [4.78, 5) is 26.4. The van der Waals surface area contributed by atoms with Crippen LogP contribution in [0.15, 0.2) is 42.5 Å². The Bertz CT molecular complexity index is 914. The first kappa shape index (κ1) is 19.7. The van der Waals surface area contributed by atoms with E-state index in [0.29, 0.717) is 17.9 Å². The molecule has 5 heteroatoms. The molecule has 1 saturated heterocycles. The molecule has 4 rings (SSSR count). The van der Waals surface area contributed by atoms with Crippen molar-refractivity contribution in [3.63, 3.8) is 0 Å². The van der Waals surface area contributed by atoms with Crippen LogP contribution in [0.1, 0.15) is 42.7 Å². The molecule has 1 saturated carbocycles. The van der Waals surface area contributed by atoms with Crippen molar-refractivity contribution in [1.82, 2.24) is 0 Å². The van der Waals surface area contributed by atoms with E-state index in [1.54, 1.807) is 7.11 Å².